The summed E-state index contributed by atoms with van der Waals surface area (Å²) in [6, 6.07) is 9.16. The van der Waals surface area contributed by atoms with Gasteiger partial charge in [-0.25, -0.2) is 0 Å². The Morgan fingerprint density at radius 3 is 2.45 bits per heavy atom. The molecule has 1 fully saturated rings. The molecule has 2 N–H and O–H groups in total. The summed E-state index contributed by atoms with van der Waals surface area (Å²) in [6.07, 6.45) is 6.22. The third-order valence-electron chi connectivity index (χ3n) is 4.41. The third-order valence-corrected chi connectivity index (χ3v) is 4.41. The van der Waals surface area contributed by atoms with Gasteiger partial charge in [-0.15, -0.1) is 0 Å². The second-order valence-electron chi connectivity index (χ2n) is 6.13. The summed E-state index contributed by atoms with van der Waals surface area (Å²) in [4.78, 5) is 2.12. The Labute approximate surface area is 123 Å². The van der Waals surface area contributed by atoms with Gasteiger partial charge in [-0.2, -0.15) is 0 Å². The largest absolute Gasteiger partial charge is 0.396 e. The average molecular weight is 276 g/mol. The molecule has 2 rings (SSSR count). The van der Waals surface area contributed by atoms with Crippen LogP contribution in [0.2, 0.25) is 0 Å². The molecule has 1 saturated carbocycles. The van der Waals surface area contributed by atoms with Crippen molar-refractivity contribution in [3.8, 4) is 0 Å². The van der Waals surface area contributed by atoms with E-state index in [2.05, 4.69) is 48.6 Å². The van der Waals surface area contributed by atoms with E-state index in [1.807, 2.05) is 0 Å². The molecular formula is C17H28N2O. The van der Waals surface area contributed by atoms with Crippen molar-refractivity contribution >= 4 is 5.69 Å². The maximum Gasteiger partial charge on any atom is 0.0474 e. The van der Waals surface area contributed by atoms with Crippen molar-refractivity contribution < 1.29 is 5.11 Å². The maximum atomic E-state index is 9.54. The summed E-state index contributed by atoms with van der Waals surface area (Å²) in [5.74, 6) is 0.429. The van der Waals surface area contributed by atoms with Crippen LogP contribution in [0, 0.1) is 5.92 Å². The fourth-order valence-electron chi connectivity index (χ4n) is 3.03. The van der Waals surface area contributed by atoms with Crippen molar-refractivity contribution in [3.63, 3.8) is 0 Å². The van der Waals surface area contributed by atoms with Crippen molar-refractivity contribution in [2.24, 2.45) is 5.92 Å². The monoisotopic (exact) mass is 276 g/mol. The second-order valence-corrected chi connectivity index (χ2v) is 6.13. The first-order valence-corrected chi connectivity index (χ1v) is 7.81. The standard InChI is InChI=1S/C17H28N2O/c1-19(2)16-10-8-14(9-11-16)12-18-17-7-5-3-4-6-15(17)13-20/h8-11,15,17-18,20H,3-7,12-13H2,1-2H3. The van der Waals surface area contributed by atoms with Gasteiger partial charge in [-0.3, -0.25) is 0 Å². The van der Waals surface area contributed by atoms with Crippen LogP contribution in [0.5, 0.6) is 0 Å². The van der Waals surface area contributed by atoms with Crippen LogP contribution in [-0.4, -0.2) is 31.9 Å². The van der Waals surface area contributed by atoms with Crippen LogP contribution >= 0.6 is 0 Å². The van der Waals surface area contributed by atoms with Gasteiger partial charge in [0.2, 0.25) is 0 Å². The molecule has 0 heterocycles. The van der Waals surface area contributed by atoms with E-state index in [1.54, 1.807) is 0 Å². The first-order valence-electron chi connectivity index (χ1n) is 7.81. The first kappa shape index (κ1) is 15.3. The Kier molecular flexibility index (Phi) is 5.86. The molecule has 0 amide bonds. The number of nitrogens with zero attached hydrogens (tertiary/aromatic N) is 1. The highest BCUT2D eigenvalue weighted by Gasteiger charge is 2.22. The molecule has 3 heteroatoms. The van der Waals surface area contributed by atoms with Crippen molar-refractivity contribution in [1.29, 1.82) is 0 Å². The molecule has 112 valence electrons. The van der Waals surface area contributed by atoms with Gasteiger partial charge in [0.25, 0.3) is 0 Å². The lowest BCUT2D eigenvalue weighted by molar-refractivity contribution is 0.181. The zero-order valence-electron chi connectivity index (χ0n) is 12.8. The van der Waals surface area contributed by atoms with E-state index in [0.717, 1.165) is 13.0 Å². The summed E-state index contributed by atoms with van der Waals surface area (Å²) in [5.41, 5.74) is 2.55. The van der Waals surface area contributed by atoms with E-state index in [4.69, 9.17) is 0 Å². The highest BCUT2D eigenvalue weighted by Crippen LogP contribution is 2.23. The summed E-state index contributed by atoms with van der Waals surface area (Å²) in [6.45, 7) is 1.21. The predicted molar refractivity (Wildman–Crippen MR) is 85.1 cm³/mol. The van der Waals surface area contributed by atoms with Crippen molar-refractivity contribution in [3.05, 3.63) is 29.8 Å². The number of anilines is 1. The van der Waals surface area contributed by atoms with Gasteiger partial charge in [-0.05, 0) is 36.5 Å². The van der Waals surface area contributed by atoms with Crippen LogP contribution in [0.15, 0.2) is 24.3 Å². The lowest BCUT2D eigenvalue weighted by atomic mass is 9.95. The zero-order chi connectivity index (χ0) is 14.4. The molecule has 1 aromatic carbocycles. The fraction of sp³-hybridized carbons (Fsp3) is 0.647. The lowest BCUT2D eigenvalue weighted by Gasteiger charge is -2.24. The molecule has 0 aliphatic heterocycles. The van der Waals surface area contributed by atoms with Gasteiger partial charge in [0.1, 0.15) is 0 Å². The predicted octanol–water partition coefficient (Wildman–Crippen LogP) is 2.78. The van der Waals surface area contributed by atoms with E-state index in [0.29, 0.717) is 18.6 Å². The number of nitrogens with one attached hydrogen (secondary N) is 1. The number of aliphatic hydroxyl groups excluding tert-OH is 1. The zero-order valence-corrected chi connectivity index (χ0v) is 12.8. The second kappa shape index (κ2) is 7.65. The van der Waals surface area contributed by atoms with E-state index in [-0.39, 0.29) is 0 Å². The Bertz CT molecular complexity index is 388. The first-order chi connectivity index (χ1) is 9.70. The normalized spacial score (nSPS) is 23.4. The topological polar surface area (TPSA) is 35.5 Å². The SMILES string of the molecule is CN(C)c1ccc(CNC2CCCCCC2CO)cc1. The van der Waals surface area contributed by atoms with Gasteiger partial charge in [-0.1, -0.05) is 31.4 Å². The average Bonchev–Trinajstić information content (AvgIpc) is 2.70. The molecular weight excluding hydrogens is 248 g/mol. The summed E-state index contributed by atoms with van der Waals surface area (Å²) >= 11 is 0. The van der Waals surface area contributed by atoms with E-state index >= 15 is 0 Å². The molecule has 1 aliphatic carbocycles. The van der Waals surface area contributed by atoms with Gasteiger partial charge in [0.05, 0.1) is 0 Å². The summed E-state index contributed by atoms with van der Waals surface area (Å²) in [7, 11) is 4.12. The molecule has 0 saturated heterocycles. The van der Waals surface area contributed by atoms with Crippen molar-refractivity contribution in [2.75, 3.05) is 25.6 Å². The number of hydrogen-bond donors (Lipinski definition) is 2. The number of benzene rings is 1. The smallest absolute Gasteiger partial charge is 0.0474 e. The summed E-state index contributed by atoms with van der Waals surface area (Å²) < 4.78 is 0. The number of hydrogen-bond acceptors (Lipinski definition) is 3. The van der Waals surface area contributed by atoms with E-state index in [1.165, 1.54) is 36.9 Å². The van der Waals surface area contributed by atoms with E-state index in [9.17, 15) is 5.11 Å². The minimum Gasteiger partial charge on any atom is -0.396 e. The minimum atomic E-state index is 0.317. The lowest BCUT2D eigenvalue weighted by Crippen LogP contribution is -2.36. The summed E-state index contributed by atoms with van der Waals surface area (Å²) in [5, 5.41) is 13.2. The van der Waals surface area contributed by atoms with Gasteiger partial charge < -0.3 is 15.3 Å². The molecule has 0 radical (unpaired) electrons. The molecule has 2 unspecified atom stereocenters. The highest BCUT2D eigenvalue weighted by molar-refractivity contribution is 5.45. The van der Waals surface area contributed by atoms with Crippen LogP contribution in [0.1, 0.15) is 37.7 Å². The molecule has 0 aromatic heterocycles. The van der Waals surface area contributed by atoms with Crippen molar-refractivity contribution in [2.45, 2.75) is 44.7 Å². The van der Waals surface area contributed by atoms with Crippen LogP contribution in [-0.2, 0) is 6.54 Å². The fourth-order valence-corrected chi connectivity index (χ4v) is 3.03. The van der Waals surface area contributed by atoms with Crippen LogP contribution in [0.4, 0.5) is 5.69 Å². The molecule has 1 aliphatic rings. The van der Waals surface area contributed by atoms with Gasteiger partial charge >= 0.3 is 0 Å². The van der Waals surface area contributed by atoms with Gasteiger partial charge in [0, 0.05) is 39.0 Å². The molecule has 1 aromatic rings. The van der Waals surface area contributed by atoms with Crippen LogP contribution in [0.25, 0.3) is 0 Å². The Balaban J connectivity index is 1.89. The number of aliphatic hydroxyl groups is 1. The van der Waals surface area contributed by atoms with E-state index < -0.39 is 0 Å². The molecule has 20 heavy (non-hydrogen) atoms. The van der Waals surface area contributed by atoms with Crippen LogP contribution in [0.3, 0.4) is 0 Å². The van der Waals surface area contributed by atoms with Gasteiger partial charge in [0.15, 0.2) is 0 Å². The quantitative estimate of drug-likeness (QED) is 0.812. The minimum absolute atomic E-state index is 0.317. The highest BCUT2D eigenvalue weighted by atomic mass is 16.3. The Morgan fingerprint density at radius 1 is 1.10 bits per heavy atom. The Morgan fingerprint density at radius 2 is 1.80 bits per heavy atom. The molecule has 2 atom stereocenters. The molecule has 0 bridgehead atoms. The maximum absolute atomic E-state index is 9.54. The Hall–Kier alpha value is -1.06. The third kappa shape index (κ3) is 4.22. The molecule has 0 spiro atoms. The molecule has 3 nitrogen and oxygen atoms in total. The van der Waals surface area contributed by atoms with Crippen LogP contribution < -0.4 is 10.2 Å². The number of rotatable bonds is 5. The van der Waals surface area contributed by atoms with Crippen molar-refractivity contribution in [1.82, 2.24) is 5.32 Å².